The molecule has 5 heteroatoms. The van der Waals surface area contributed by atoms with E-state index in [1.807, 2.05) is 30.3 Å². The van der Waals surface area contributed by atoms with Gasteiger partial charge in [0.05, 0.1) is 11.1 Å². The van der Waals surface area contributed by atoms with Gasteiger partial charge >= 0.3 is 5.95 Å². The molecular formula is C15H15ClN2O2. The molecule has 1 aliphatic rings. The first-order chi connectivity index (χ1) is 9.75. The molecule has 0 unspecified atom stereocenters. The smallest absolute Gasteiger partial charge is 0.312 e. The van der Waals surface area contributed by atoms with Crippen molar-refractivity contribution in [3.63, 3.8) is 0 Å². The van der Waals surface area contributed by atoms with Gasteiger partial charge in [0.15, 0.2) is 5.69 Å². The molecule has 1 aliphatic heterocycles. The van der Waals surface area contributed by atoms with Crippen LogP contribution in [-0.4, -0.2) is 27.7 Å². The SMILES string of the molecule is Oc1oc(-c2ccccc2)nc1C1=NCCCC[C@@H]1Cl. The van der Waals surface area contributed by atoms with Gasteiger partial charge in [-0.3, -0.25) is 4.99 Å². The largest absolute Gasteiger partial charge is 0.479 e. The predicted octanol–water partition coefficient (Wildman–Crippen LogP) is 3.63. The number of aromatic hydroxyl groups is 1. The number of alkyl halides is 1. The van der Waals surface area contributed by atoms with Crippen molar-refractivity contribution in [3.8, 4) is 17.4 Å². The van der Waals surface area contributed by atoms with Crippen LogP contribution >= 0.6 is 11.6 Å². The summed E-state index contributed by atoms with van der Waals surface area (Å²) in [5.41, 5.74) is 1.81. The van der Waals surface area contributed by atoms with Crippen LogP contribution < -0.4 is 0 Å². The minimum absolute atomic E-state index is 0.213. The van der Waals surface area contributed by atoms with Crippen LogP contribution in [0, 0.1) is 0 Å². The highest BCUT2D eigenvalue weighted by atomic mass is 35.5. The molecule has 0 radical (unpaired) electrons. The molecule has 2 heterocycles. The zero-order valence-corrected chi connectivity index (χ0v) is 11.7. The van der Waals surface area contributed by atoms with E-state index in [0.29, 0.717) is 23.8 Å². The Morgan fingerprint density at radius 3 is 2.80 bits per heavy atom. The first-order valence-corrected chi connectivity index (χ1v) is 7.13. The van der Waals surface area contributed by atoms with E-state index in [-0.39, 0.29) is 11.3 Å². The average molecular weight is 291 g/mol. The van der Waals surface area contributed by atoms with E-state index in [0.717, 1.165) is 24.8 Å². The van der Waals surface area contributed by atoms with Gasteiger partial charge in [-0.2, -0.15) is 0 Å². The molecule has 20 heavy (non-hydrogen) atoms. The average Bonchev–Trinajstić information content (AvgIpc) is 2.72. The van der Waals surface area contributed by atoms with Gasteiger partial charge in [-0.25, -0.2) is 4.98 Å². The Hall–Kier alpha value is -1.81. The Labute approximate surface area is 122 Å². The summed E-state index contributed by atoms with van der Waals surface area (Å²) in [6, 6.07) is 9.45. The van der Waals surface area contributed by atoms with Crippen molar-refractivity contribution < 1.29 is 9.52 Å². The lowest BCUT2D eigenvalue weighted by atomic mass is 10.1. The van der Waals surface area contributed by atoms with Crippen molar-refractivity contribution in [1.29, 1.82) is 0 Å². The fourth-order valence-corrected chi connectivity index (χ4v) is 2.60. The minimum atomic E-state index is -0.225. The monoisotopic (exact) mass is 290 g/mol. The van der Waals surface area contributed by atoms with Gasteiger partial charge in [0, 0.05) is 12.1 Å². The number of hydrogen-bond donors (Lipinski definition) is 1. The molecule has 4 nitrogen and oxygen atoms in total. The molecule has 104 valence electrons. The summed E-state index contributed by atoms with van der Waals surface area (Å²) in [5, 5.41) is 9.76. The minimum Gasteiger partial charge on any atom is -0.479 e. The van der Waals surface area contributed by atoms with Crippen molar-refractivity contribution in [2.75, 3.05) is 6.54 Å². The van der Waals surface area contributed by atoms with E-state index in [4.69, 9.17) is 16.0 Å². The standard InChI is InChI=1S/C15H15ClN2O2/c16-11-8-4-5-9-17-12(11)13-15(19)20-14(18-13)10-6-2-1-3-7-10/h1-3,6-7,11,19H,4-5,8-9H2/t11-/m0/s1. The Morgan fingerprint density at radius 2 is 2.00 bits per heavy atom. The maximum atomic E-state index is 9.99. The van der Waals surface area contributed by atoms with Gasteiger partial charge in [0.1, 0.15) is 0 Å². The quantitative estimate of drug-likeness (QED) is 0.859. The number of nitrogens with zero attached hydrogens (tertiary/aromatic N) is 2. The normalized spacial score (nSPS) is 19.4. The summed E-state index contributed by atoms with van der Waals surface area (Å²) in [4.78, 5) is 8.81. The molecule has 1 aromatic carbocycles. The highest BCUT2D eigenvalue weighted by Gasteiger charge is 2.25. The van der Waals surface area contributed by atoms with Gasteiger partial charge in [-0.1, -0.05) is 18.2 Å². The first kappa shape index (κ1) is 13.2. The second-order valence-corrected chi connectivity index (χ2v) is 5.30. The summed E-state index contributed by atoms with van der Waals surface area (Å²) in [6.45, 7) is 0.714. The summed E-state index contributed by atoms with van der Waals surface area (Å²) in [5.74, 6) is 0.170. The number of hydrogen-bond acceptors (Lipinski definition) is 4. The number of benzene rings is 1. The van der Waals surface area contributed by atoms with Gasteiger partial charge < -0.3 is 9.52 Å². The topological polar surface area (TPSA) is 58.6 Å². The molecule has 0 amide bonds. The van der Waals surface area contributed by atoms with Crippen molar-refractivity contribution in [1.82, 2.24) is 4.98 Å². The van der Waals surface area contributed by atoms with E-state index in [1.165, 1.54) is 0 Å². The van der Waals surface area contributed by atoms with Crippen LogP contribution in [0.15, 0.2) is 39.7 Å². The fraction of sp³-hybridized carbons (Fsp3) is 0.333. The first-order valence-electron chi connectivity index (χ1n) is 6.69. The third kappa shape index (κ3) is 2.56. The molecule has 3 rings (SSSR count). The van der Waals surface area contributed by atoms with Crippen molar-refractivity contribution in [2.24, 2.45) is 4.99 Å². The van der Waals surface area contributed by atoms with Crippen molar-refractivity contribution in [3.05, 3.63) is 36.0 Å². The highest BCUT2D eigenvalue weighted by molar-refractivity contribution is 6.35. The predicted molar refractivity (Wildman–Crippen MR) is 78.5 cm³/mol. The zero-order chi connectivity index (χ0) is 13.9. The fourth-order valence-electron chi connectivity index (χ4n) is 2.28. The molecule has 0 fully saturated rings. The Morgan fingerprint density at radius 1 is 1.20 bits per heavy atom. The summed E-state index contributed by atoms with van der Waals surface area (Å²) in [6.07, 6.45) is 2.88. The summed E-state index contributed by atoms with van der Waals surface area (Å²) >= 11 is 6.33. The van der Waals surface area contributed by atoms with Crippen LogP contribution in [0.1, 0.15) is 25.0 Å². The second-order valence-electron chi connectivity index (χ2n) is 4.77. The Balaban J connectivity index is 1.99. The molecule has 2 aromatic rings. The number of halogens is 1. The molecule has 0 saturated heterocycles. The molecule has 0 aliphatic carbocycles. The van der Waals surface area contributed by atoms with Gasteiger partial charge in [0.2, 0.25) is 5.89 Å². The van der Waals surface area contributed by atoms with E-state index in [1.54, 1.807) is 0 Å². The zero-order valence-electron chi connectivity index (χ0n) is 10.9. The lowest BCUT2D eigenvalue weighted by molar-refractivity contribution is 0.336. The third-order valence-electron chi connectivity index (χ3n) is 3.32. The number of rotatable bonds is 2. The van der Waals surface area contributed by atoms with Gasteiger partial charge in [-0.05, 0) is 31.4 Å². The third-order valence-corrected chi connectivity index (χ3v) is 3.74. The van der Waals surface area contributed by atoms with Crippen molar-refractivity contribution in [2.45, 2.75) is 24.6 Å². The molecule has 1 aromatic heterocycles. The molecule has 0 bridgehead atoms. The van der Waals surface area contributed by atoms with E-state index >= 15 is 0 Å². The van der Waals surface area contributed by atoms with Crippen LogP contribution in [0.25, 0.3) is 11.5 Å². The Kier molecular flexibility index (Phi) is 3.74. The highest BCUT2D eigenvalue weighted by Crippen LogP contribution is 2.29. The number of aliphatic imine (C=N–C) groups is 1. The summed E-state index contributed by atoms with van der Waals surface area (Å²) < 4.78 is 5.35. The lowest BCUT2D eigenvalue weighted by Crippen LogP contribution is -2.15. The van der Waals surface area contributed by atoms with Crippen LogP contribution in [0.4, 0.5) is 0 Å². The van der Waals surface area contributed by atoms with E-state index < -0.39 is 0 Å². The van der Waals surface area contributed by atoms with Crippen LogP contribution in [0.5, 0.6) is 5.95 Å². The number of oxazole rings is 1. The molecular weight excluding hydrogens is 276 g/mol. The van der Waals surface area contributed by atoms with Gasteiger partial charge in [-0.15, -0.1) is 11.6 Å². The van der Waals surface area contributed by atoms with Crippen LogP contribution in [0.2, 0.25) is 0 Å². The maximum absolute atomic E-state index is 9.99. The lowest BCUT2D eigenvalue weighted by Gasteiger charge is -2.06. The van der Waals surface area contributed by atoms with E-state index in [9.17, 15) is 5.11 Å². The molecule has 1 N–H and O–H groups in total. The van der Waals surface area contributed by atoms with Crippen LogP contribution in [0.3, 0.4) is 0 Å². The van der Waals surface area contributed by atoms with Crippen molar-refractivity contribution >= 4 is 17.3 Å². The second kappa shape index (κ2) is 5.67. The van der Waals surface area contributed by atoms with E-state index in [2.05, 4.69) is 9.98 Å². The molecule has 0 spiro atoms. The van der Waals surface area contributed by atoms with Crippen LogP contribution in [-0.2, 0) is 0 Å². The summed E-state index contributed by atoms with van der Waals surface area (Å²) in [7, 11) is 0. The molecule has 0 saturated carbocycles. The Bertz CT molecular complexity index is 622. The number of aromatic nitrogens is 1. The molecule has 1 atom stereocenters. The maximum Gasteiger partial charge on any atom is 0.312 e. The van der Waals surface area contributed by atoms with Gasteiger partial charge in [0.25, 0.3) is 0 Å².